The van der Waals surface area contributed by atoms with Crippen LogP contribution >= 0.6 is 23.2 Å². The van der Waals surface area contributed by atoms with Gasteiger partial charge in [-0.05, 0) is 36.4 Å². The Morgan fingerprint density at radius 1 is 1.06 bits per heavy atom. The Bertz CT molecular complexity index is 497. The Balaban J connectivity index is 2.44. The number of alkyl halides is 1. The van der Waals surface area contributed by atoms with E-state index in [1.54, 1.807) is 24.3 Å². The summed E-state index contributed by atoms with van der Waals surface area (Å²) in [5.74, 6) is -0.0105. The van der Waals surface area contributed by atoms with Crippen molar-refractivity contribution >= 4 is 23.2 Å². The molecule has 0 atom stereocenters. The van der Waals surface area contributed by atoms with E-state index in [4.69, 9.17) is 23.2 Å². The van der Waals surface area contributed by atoms with Gasteiger partial charge in [-0.1, -0.05) is 11.6 Å². The summed E-state index contributed by atoms with van der Waals surface area (Å²) < 4.78 is 12.7. The zero-order valence-electron chi connectivity index (χ0n) is 8.25. The molecule has 0 aliphatic rings. The number of hydrogen-bond acceptors (Lipinski definition) is 1. The van der Waals surface area contributed by atoms with Crippen LogP contribution in [0.3, 0.4) is 0 Å². The van der Waals surface area contributed by atoms with Crippen molar-refractivity contribution in [3.63, 3.8) is 0 Å². The van der Waals surface area contributed by atoms with Gasteiger partial charge in [0.2, 0.25) is 0 Å². The third kappa shape index (κ3) is 2.34. The van der Waals surface area contributed by atoms with Gasteiger partial charge >= 0.3 is 0 Å². The number of halogens is 3. The van der Waals surface area contributed by atoms with Gasteiger partial charge in [0.25, 0.3) is 0 Å². The second kappa shape index (κ2) is 4.81. The molecule has 0 radical (unpaired) electrons. The third-order valence-corrected chi connectivity index (χ3v) is 2.78. The first-order valence-electron chi connectivity index (χ1n) is 4.68. The van der Waals surface area contributed by atoms with E-state index in [9.17, 15) is 4.39 Å². The number of nitrogens with zero attached hydrogens (tertiary/aromatic N) is 1. The SMILES string of the molecule is Fc1ccc(-c2ccc(Cl)c(CCl)n2)cc1. The molecule has 0 unspecified atom stereocenters. The topological polar surface area (TPSA) is 12.9 Å². The summed E-state index contributed by atoms with van der Waals surface area (Å²) in [6, 6.07) is 9.65. The highest BCUT2D eigenvalue weighted by Crippen LogP contribution is 2.22. The molecule has 16 heavy (non-hydrogen) atoms. The van der Waals surface area contributed by atoms with E-state index in [-0.39, 0.29) is 11.7 Å². The summed E-state index contributed by atoms with van der Waals surface area (Å²) in [7, 11) is 0. The molecule has 1 nitrogen and oxygen atoms in total. The molecule has 0 aliphatic carbocycles. The number of aromatic nitrogens is 1. The van der Waals surface area contributed by atoms with Gasteiger partial charge in [0.05, 0.1) is 22.3 Å². The number of hydrogen-bond donors (Lipinski definition) is 0. The fraction of sp³-hybridized carbons (Fsp3) is 0.0833. The first-order chi connectivity index (χ1) is 7.70. The Hall–Kier alpha value is -1.12. The van der Waals surface area contributed by atoms with Crippen LogP contribution in [0.5, 0.6) is 0 Å². The average molecular weight is 256 g/mol. The third-order valence-electron chi connectivity index (χ3n) is 2.19. The molecule has 1 aromatic heterocycles. The van der Waals surface area contributed by atoms with E-state index in [0.29, 0.717) is 10.7 Å². The molecule has 0 spiro atoms. The van der Waals surface area contributed by atoms with Crippen molar-refractivity contribution in [2.45, 2.75) is 5.88 Å². The maximum absolute atomic E-state index is 12.7. The molecule has 82 valence electrons. The van der Waals surface area contributed by atoms with Crippen LogP contribution in [0, 0.1) is 5.82 Å². The average Bonchev–Trinajstić information content (AvgIpc) is 2.31. The molecule has 2 rings (SSSR count). The highest BCUT2D eigenvalue weighted by Gasteiger charge is 2.04. The standard InChI is InChI=1S/C12H8Cl2FN/c13-7-12-10(14)5-6-11(16-12)8-1-3-9(15)4-2-8/h1-6H,7H2. The highest BCUT2D eigenvalue weighted by atomic mass is 35.5. The van der Waals surface area contributed by atoms with E-state index in [1.165, 1.54) is 12.1 Å². The van der Waals surface area contributed by atoms with Gasteiger partial charge < -0.3 is 0 Å². The summed E-state index contributed by atoms with van der Waals surface area (Å²) in [6.45, 7) is 0. The molecule has 0 bridgehead atoms. The second-order valence-electron chi connectivity index (χ2n) is 3.27. The summed E-state index contributed by atoms with van der Waals surface area (Å²) >= 11 is 11.6. The lowest BCUT2D eigenvalue weighted by Gasteiger charge is -2.04. The van der Waals surface area contributed by atoms with Crippen LogP contribution in [-0.4, -0.2) is 4.98 Å². The van der Waals surface area contributed by atoms with E-state index < -0.39 is 0 Å². The van der Waals surface area contributed by atoms with Crippen LogP contribution in [0.2, 0.25) is 5.02 Å². The second-order valence-corrected chi connectivity index (χ2v) is 3.94. The predicted octanol–water partition coefficient (Wildman–Crippen LogP) is 4.28. The van der Waals surface area contributed by atoms with Crippen molar-refractivity contribution in [2.24, 2.45) is 0 Å². The zero-order valence-corrected chi connectivity index (χ0v) is 9.76. The van der Waals surface area contributed by atoms with E-state index in [1.807, 2.05) is 0 Å². The van der Waals surface area contributed by atoms with E-state index in [0.717, 1.165) is 11.3 Å². The minimum atomic E-state index is -0.268. The van der Waals surface area contributed by atoms with Crippen LogP contribution in [0.4, 0.5) is 4.39 Å². The molecular weight excluding hydrogens is 248 g/mol. The maximum Gasteiger partial charge on any atom is 0.123 e. The van der Waals surface area contributed by atoms with Crippen molar-refractivity contribution in [3.8, 4) is 11.3 Å². The normalized spacial score (nSPS) is 10.4. The van der Waals surface area contributed by atoms with Crippen LogP contribution in [0.25, 0.3) is 11.3 Å². The monoisotopic (exact) mass is 255 g/mol. The zero-order chi connectivity index (χ0) is 11.5. The molecule has 0 N–H and O–H groups in total. The Kier molecular flexibility index (Phi) is 3.42. The van der Waals surface area contributed by atoms with Crippen molar-refractivity contribution in [3.05, 3.63) is 52.9 Å². The fourth-order valence-corrected chi connectivity index (χ4v) is 1.80. The van der Waals surface area contributed by atoms with Gasteiger partial charge in [-0.3, -0.25) is 4.98 Å². The summed E-state index contributed by atoms with van der Waals surface area (Å²) in [6.07, 6.45) is 0. The van der Waals surface area contributed by atoms with Gasteiger partial charge in [-0.25, -0.2) is 4.39 Å². The van der Waals surface area contributed by atoms with Crippen molar-refractivity contribution in [1.82, 2.24) is 4.98 Å². The fourth-order valence-electron chi connectivity index (χ4n) is 1.36. The maximum atomic E-state index is 12.7. The van der Waals surface area contributed by atoms with Crippen molar-refractivity contribution in [1.29, 1.82) is 0 Å². The number of pyridine rings is 1. The first kappa shape index (κ1) is 11.4. The summed E-state index contributed by atoms with van der Waals surface area (Å²) in [4.78, 5) is 4.30. The molecular formula is C12H8Cl2FN. The van der Waals surface area contributed by atoms with Crippen molar-refractivity contribution in [2.75, 3.05) is 0 Å². The molecule has 0 fully saturated rings. The molecule has 1 heterocycles. The quantitative estimate of drug-likeness (QED) is 0.731. The van der Waals surface area contributed by atoms with Gasteiger partial charge in [-0.15, -0.1) is 11.6 Å². The van der Waals surface area contributed by atoms with Gasteiger partial charge in [0, 0.05) is 5.56 Å². The highest BCUT2D eigenvalue weighted by molar-refractivity contribution is 6.32. The molecule has 0 saturated heterocycles. The lowest BCUT2D eigenvalue weighted by molar-refractivity contribution is 0.628. The van der Waals surface area contributed by atoms with Crippen LogP contribution in [0.1, 0.15) is 5.69 Å². The number of benzene rings is 1. The van der Waals surface area contributed by atoms with Gasteiger partial charge in [-0.2, -0.15) is 0 Å². The Morgan fingerprint density at radius 2 is 1.75 bits per heavy atom. The lowest BCUT2D eigenvalue weighted by Crippen LogP contribution is -1.90. The van der Waals surface area contributed by atoms with Gasteiger partial charge in [0.15, 0.2) is 0 Å². The van der Waals surface area contributed by atoms with Crippen molar-refractivity contribution < 1.29 is 4.39 Å². The molecule has 0 amide bonds. The molecule has 4 heteroatoms. The minimum absolute atomic E-state index is 0.258. The van der Waals surface area contributed by atoms with Crippen LogP contribution < -0.4 is 0 Å². The minimum Gasteiger partial charge on any atom is -0.250 e. The smallest absolute Gasteiger partial charge is 0.123 e. The summed E-state index contributed by atoms with van der Waals surface area (Å²) in [5, 5.41) is 0.542. The largest absolute Gasteiger partial charge is 0.250 e. The first-order valence-corrected chi connectivity index (χ1v) is 5.59. The van der Waals surface area contributed by atoms with Crippen LogP contribution in [0.15, 0.2) is 36.4 Å². The number of rotatable bonds is 2. The van der Waals surface area contributed by atoms with Gasteiger partial charge in [0.1, 0.15) is 5.82 Å². The molecule has 0 saturated carbocycles. The predicted molar refractivity (Wildman–Crippen MR) is 64.2 cm³/mol. The van der Waals surface area contributed by atoms with E-state index >= 15 is 0 Å². The Morgan fingerprint density at radius 3 is 2.38 bits per heavy atom. The molecule has 1 aromatic carbocycles. The van der Waals surface area contributed by atoms with E-state index in [2.05, 4.69) is 4.98 Å². The van der Waals surface area contributed by atoms with Crippen LogP contribution in [-0.2, 0) is 5.88 Å². The molecule has 2 aromatic rings. The molecule has 0 aliphatic heterocycles. The summed E-state index contributed by atoms with van der Waals surface area (Å²) in [5.41, 5.74) is 2.20. The lowest BCUT2D eigenvalue weighted by atomic mass is 10.1. The Labute approximate surface area is 103 Å².